The Morgan fingerprint density at radius 2 is 0.901 bits per heavy atom. The molecule has 0 aromatic carbocycles. The number of likely N-dealkylation sites (N-methyl/N-ethyl adjacent to an activating group) is 1. The number of nitrogens with one attached hydrogen (secondary N) is 1. The number of carbonyl (C=O) groups is 2. The lowest BCUT2D eigenvalue weighted by atomic mass is 10.0. The summed E-state index contributed by atoms with van der Waals surface area (Å²) in [5.41, 5.74) is 0. The van der Waals surface area contributed by atoms with Gasteiger partial charge in [-0.15, -0.1) is 0 Å². The van der Waals surface area contributed by atoms with Gasteiger partial charge in [-0.25, -0.2) is 0 Å². The Morgan fingerprint density at radius 1 is 0.507 bits per heavy atom. The minimum Gasteiger partial charge on any atom is -0.756 e. The Bertz CT molecular complexity index is 1360. The molecule has 0 aliphatic carbocycles. The predicted molar refractivity (Wildman–Crippen MR) is 302 cm³/mol. The number of quaternary nitrogens is 1. The van der Waals surface area contributed by atoms with Crippen LogP contribution in [0.3, 0.4) is 0 Å². The molecule has 0 saturated carbocycles. The summed E-state index contributed by atoms with van der Waals surface area (Å²) in [6.45, 7) is 6.73. The second-order valence-electron chi connectivity index (χ2n) is 21.5. The van der Waals surface area contributed by atoms with E-state index in [0.717, 1.165) is 83.5 Å². The number of hydrogen-bond donors (Lipinski definition) is 1. The maximum Gasteiger partial charge on any atom is 0.306 e. The van der Waals surface area contributed by atoms with E-state index in [9.17, 15) is 19.0 Å². The molecule has 0 aliphatic rings. The lowest BCUT2D eigenvalue weighted by Crippen LogP contribution is -2.47. The Balaban J connectivity index is 5.27. The van der Waals surface area contributed by atoms with E-state index in [1.807, 2.05) is 33.3 Å². The first-order valence-corrected chi connectivity index (χ1v) is 31.4. The SMILES string of the molecule is CC/C=C/C/C=C/C/C=C/CCCCCCC(=O)NC(COP(=O)([O-])OCC[N+](C)(C)C)C(/C=C/CCCCCCCCCCCC)OC(=O)CCCCCCCCCCCCCCCCCCCCC. The normalized spacial score (nSPS) is 14.1. The van der Waals surface area contributed by atoms with Crippen LogP contribution in [0.2, 0.25) is 0 Å². The van der Waals surface area contributed by atoms with Crippen LogP contribution in [0, 0.1) is 0 Å². The van der Waals surface area contributed by atoms with Gasteiger partial charge in [0.1, 0.15) is 19.3 Å². The van der Waals surface area contributed by atoms with E-state index < -0.39 is 26.6 Å². The summed E-state index contributed by atoms with van der Waals surface area (Å²) in [6.07, 6.45) is 62.2. The molecule has 9 nitrogen and oxygen atoms in total. The average molecular weight is 1020 g/mol. The Kier molecular flexibility index (Phi) is 50.0. The monoisotopic (exact) mass is 1020 g/mol. The Morgan fingerprint density at radius 3 is 1.35 bits per heavy atom. The molecule has 0 aromatic heterocycles. The van der Waals surface area contributed by atoms with Crippen molar-refractivity contribution in [1.29, 1.82) is 0 Å². The molecule has 0 aliphatic heterocycles. The van der Waals surface area contributed by atoms with Gasteiger partial charge in [-0.2, -0.15) is 0 Å². The molecule has 1 amide bonds. The highest BCUT2D eigenvalue weighted by Gasteiger charge is 2.27. The topological polar surface area (TPSA) is 114 Å². The first-order valence-electron chi connectivity index (χ1n) is 29.9. The van der Waals surface area contributed by atoms with E-state index in [-0.39, 0.29) is 24.9 Å². The van der Waals surface area contributed by atoms with Crippen molar-refractivity contribution < 1.29 is 37.3 Å². The molecule has 1 N–H and O–H groups in total. The summed E-state index contributed by atoms with van der Waals surface area (Å²) < 4.78 is 30.2. The number of carbonyl (C=O) groups excluding carboxylic acids is 2. The molecule has 71 heavy (non-hydrogen) atoms. The van der Waals surface area contributed by atoms with Gasteiger partial charge < -0.3 is 28.5 Å². The molecule has 0 aromatic rings. The van der Waals surface area contributed by atoms with Gasteiger partial charge in [0, 0.05) is 12.8 Å². The second-order valence-corrected chi connectivity index (χ2v) is 22.9. The molecule has 10 heteroatoms. The van der Waals surface area contributed by atoms with Gasteiger partial charge in [-0.1, -0.05) is 250 Å². The van der Waals surface area contributed by atoms with Gasteiger partial charge in [-0.05, 0) is 63.9 Å². The van der Waals surface area contributed by atoms with Gasteiger partial charge in [0.15, 0.2) is 0 Å². The maximum atomic E-state index is 13.5. The molecule has 0 spiro atoms. The van der Waals surface area contributed by atoms with Crippen molar-refractivity contribution in [2.24, 2.45) is 0 Å². The molecule has 0 fully saturated rings. The summed E-state index contributed by atoms with van der Waals surface area (Å²) in [7, 11) is 1.17. The van der Waals surface area contributed by atoms with Crippen LogP contribution < -0.4 is 10.2 Å². The van der Waals surface area contributed by atoms with Gasteiger partial charge in [0.2, 0.25) is 5.91 Å². The molecular weight excluding hydrogens is 904 g/mol. The summed E-state index contributed by atoms with van der Waals surface area (Å²) in [5, 5.41) is 3.01. The van der Waals surface area contributed by atoms with E-state index in [4.69, 9.17) is 13.8 Å². The highest BCUT2D eigenvalue weighted by Crippen LogP contribution is 2.38. The lowest BCUT2D eigenvalue weighted by Gasteiger charge is -2.30. The van der Waals surface area contributed by atoms with Crippen LogP contribution >= 0.6 is 7.82 Å². The molecule has 0 heterocycles. The van der Waals surface area contributed by atoms with E-state index >= 15 is 0 Å². The van der Waals surface area contributed by atoms with Gasteiger partial charge in [0.25, 0.3) is 7.82 Å². The largest absolute Gasteiger partial charge is 0.756 e. The first kappa shape index (κ1) is 69.0. The van der Waals surface area contributed by atoms with E-state index in [0.29, 0.717) is 23.9 Å². The predicted octanol–water partition coefficient (Wildman–Crippen LogP) is 17.5. The van der Waals surface area contributed by atoms with Gasteiger partial charge >= 0.3 is 5.97 Å². The Hall–Kier alpha value is -2.03. The fraction of sp³-hybridized carbons (Fsp3) is 0.836. The highest BCUT2D eigenvalue weighted by molar-refractivity contribution is 7.45. The number of amides is 1. The van der Waals surface area contributed by atoms with Gasteiger partial charge in [-0.3, -0.25) is 14.2 Å². The lowest BCUT2D eigenvalue weighted by molar-refractivity contribution is -0.870. The third-order valence-corrected chi connectivity index (χ3v) is 14.2. The standard InChI is InChI=1S/C61H115N2O7P/c1-7-10-13-16-19-22-25-28-30-31-32-33-34-36-39-42-45-48-51-54-61(65)70-59(52-49-46-43-40-37-27-24-21-18-15-12-9-3)58(57-69-71(66,67)68-56-55-63(4,5)6)62-60(64)53-50-47-44-41-38-35-29-26-23-20-17-14-11-8-2/h11,14,20,23,29,35,49,52,58-59H,7-10,12-13,15-19,21-22,24-28,30-34,36-48,50-51,53-57H2,1-6H3,(H-,62,64,66,67)/b14-11+,23-20+,35-29+,52-49+. The minimum absolute atomic E-state index is 0.0261. The molecule has 0 radical (unpaired) electrons. The zero-order valence-electron chi connectivity index (χ0n) is 47.4. The number of allylic oxidation sites excluding steroid dienone is 7. The third kappa shape index (κ3) is 52.6. The van der Waals surface area contributed by atoms with Gasteiger partial charge in [0.05, 0.1) is 33.8 Å². The van der Waals surface area contributed by atoms with Crippen molar-refractivity contribution in [2.45, 2.75) is 290 Å². The first-order chi connectivity index (χ1) is 34.4. The number of nitrogens with zero attached hydrogens (tertiary/aromatic N) is 1. The number of phosphoric ester groups is 1. The summed E-state index contributed by atoms with van der Waals surface area (Å²) in [5.74, 6) is -0.558. The van der Waals surface area contributed by atoms with Crippen molar-refractivity contribution in [3.8, 4) is 0 Å². The third-order valence-electron chi connectivity index (χ3n) is 13.3. The molecule has 3 unspecified atom stereocenters. The van der Waals surface area contributed by atoms with Crippen LogP contribution in [0.1, 0.15) is 278 Å². The Labute approximate surface area is 439 Å². The van der Waals surface area contributed by atoms with Crippen LogP contribution in [0.5, 0.6) is 0 Å². The van der Waals surface area contributed by atoms with Crippen molar-refractivity contribution in [2.75, 3.05) is 40.9 Å². The smallest absolute Gasteiger partial charge is 0.306 e. The molecule has 416 valence electrons. The van der Waals surface area contributed by atoms with Crippen LogP contribution in [-0.4, -0.2) is 69.4 Å². The van der Waals surface area contributed by atoms with Crippen molar-refractivity contribution in [3.05, 3.63) is 48.6 Å². The van der Waals surface area contributed by atoms with Crippen LogP contribution in [0.15, 0.2) is 48.6 Å². The summed E-state index contributed by atoms with van der Waals surface area (Å²) >= 11 is 0. The second kappa shape index (κ2) is 51.5. The minimum atomic E-state index is -4.70. The average Bonchev–Trinajstić information content (AvgIpc) is 3.33. The zero-order valence-corrected chi connectivity index (χ0v) is 48.3. The zero-order chi connectivity index (χ0) is 52.2. The molecule has 0 rings (SSSR count). The fourth-order valence-electron chi connectivity index (χ4n) is 8.65. The highest BCUT2D eigenvalue weighted by atomic mass is 31.2. The van der Waals surface area contributed by atoms with Crippen molar-refractivity contribution in [1.82, 2.24) is 5.32 Å². The van der Waals surface area contributed by atoms with Crippen LogP contribution in [0.4, 0.5) is 0 Å². The fourth-order valence-corrected chi connectivity index (χ4v) is 9.38. The van der Waals surface area contributed by atoms with Crippen molar-refractivity contribution in [3.63, 3.8) is 0 Å². The number of phosphoric acid groups is 1. The number of unbranched alkanes of at least 4 members (excludes halogenated alkanes) is 32. The summed E-state index contributed by atoms with van der Waals surface area (Å²) in [4.78, 5) is 39.9. The number of rotatable bonds is 54. The van der Waals surface area contributed by atoms with Crippen molar-refractivity contribution >= 4 is 19.7 Å². The summed E-state index contributed by atoms with van der Waals surface area (Å²) in [6, 6.07) is -0.897. The quantitative estimate of drug-likeness (QED) is 0.0212. The number of ether oxygens (including phenoxy) is 1. The molecule has 0 saturated heterocycles. The number of hydrogen-bond acceptors (Lipinski definition) is 7. The van der Waals surface area contributed by atoms with Crippen LogP contribution in [0.25, 0.3) is 0 Å². The maximum absolute atomic E-state index is 13.5. The molecule has 3 atom stereocenters. The van der Waals surface area contributed by atoms with E-state index in [2.05, 4.69) is 62.5 Å². The van der Waals surface area contributed by atoms with Crippen LogP contribution in [-0.2, 0) is 27.9 Å². The molecular formula is C61H115N2O7P. The van der Waals surface area contributed by atoms with E-state index in [1.54, 1.807) is 0 Å². The number of esters is 1. The van der Waals surface area contributed by atoms with E-state index in [1.165, 1.54) is 154 Å². The molecule has 0 bridgehead atoms.